The van der Waals surface area contributed by atoms with Gasteiger partial charge in [0.1, 0.15) is 5.82 Å². The summed E-state index contributed by atoms with van der Waals surface area (Å²) in [5.41, 5.74) is 1.96. The molecular formula is C23H23N5O3S. The van der Waals surface area contributed by atoms with Crippen molar-refractivity contribution < 1.29 is 14.0 Å². The number of nitrogens with zero attached hydrogens (tertiary/aromatic N) is 5. The molecular weight excluding hydrogens is 426 g/mol. The van der Waals surface area contributed by atoms with Gasteiger partial charge in [-0.2, -0.15) is 4.98 Å². The summed E-state index contributed by atoms with van der Waals surface area (Å²) in [6.07, 6.45) is 2.54. The lowest BCUT2D eigenvalue weighted by molar-refractivity contribution is 0.355. The number of hydrogen-bond donors (Lipinski definition) is 0. The van der Waals surface area contributed by atoms with Gasteiger partial charge < -0.3 is 18.6 Å². The van der Waals surface area contributed by atoms with Crippen LogP contribution in [-0.2, 0) is 18.7 Å². The first-order chi connectivity index (χ1) is 15.7. The van der Waals surface area contributed by atoms with E-state index in [2.05, 4.69) is 43.6 Å². The molecule has 0 amide bonds. The third-order valence-electron chi connectivity index (χ3n) is 4.74. The van der Waals surface area contributed by atoms with Crippen LogP contribution in [-0.4, -0.2) is 39.1 Å². The highest BCUT2D eigenvalue weighted by molar-refractivity contribution is 7.98. The average Bonchev–Trinajstić information content (AvgIpc) is 3.45. The first-order valence-electron chi connectivity index (χ1n) is 9.96. The van der Waals surface area contributed by atoms with Crippen molar-refractivity contribution in [2.45, 2.75) is 23.9 Å². The lowest BCUT2D eigenvalue weighted by Crippen LogP contribution is -2.04. The van der Waals surface area contributed by atoms with E-state index >= 15 is 0 Å². The summed E-state index contributed by atoms with van der Waals surface area (Å²) >= 11 is 1.49. The van der Waals surface area contributed by atoms with Crippen LogP contribution in [0.3, 0.4) is 0 Å². The molecule has 0 aliphatic carbocycles. The molecule has 4 aromatic rings. The van der Waals surface area contributed by atoms with Crippen molar-refractivity contribution >= 4 is 11.8 Å². The Kier molecular flexibility index (Phi) is 6.86. The van der Waals surface area contributed by atoms with E-state index in [4.69, 9.17) is 14.0 Å². The number of methoxy groups -OCH3 is 2. The van der Waals surface area contributed by atoms with Crippen LogP contribution in [0.2, 0.25) is 0 Å². The summed E-state index contributed by atoms with van der Waals surface area (Å²) in [6, 6.07) is 15.7. The molecule has 0 saturated heterocycles. The largest absolute Gasteiger partial charge is 0.493 e. The Labute approximate surface area is 190 Å². The molecule has 4 rings (SSSR count). The van der Waals surface area contributed by atoms with Gasteiger partial charge in [0, 0.05) is 18.5 Å². The van der Waals surface area contributed by atoms with Crippen LogP contribution < -0.4 is 9.47 Å². The molecule has 0 atom stereocenters. The lowest BCUT2D eigenvalue weighted by Gasteiger charge is -2.07. The molecule has 0 aliphatic heterocycles. The first-order valence-corrected chi connectivity index (χ1v) is 10.9. The Morgan fingerprint density at radius 1 is 1.06 bits per heavy atom. The zero-order chi connectivity index (χ0) is 22.3. The number of thioether (sulfide) groups is 1. The van der Waals surface area contributed by atoms with E-state index in [1.165, 1.54) is 17.3 Å². The topological polar surface area (TPSA) is 88.1 Å². The molecule has 0 N–H and O–H groups in total. The number of rotatable bonds is 10. The first kappa shape index (κ1) is 21.6. The van der Waals surface area contributed by atoms with E-state index in [0.717, 1.165) is 16.5 Å². The molecule has 32 heavy (non-hydrogen) atoms. The van der Waals surface area contributed by atoms with Crippen LogP contribution in [0.15, 0.2) is 70.9 Å². The molecule has 2 heterocycles. The molecule has 164 valence electrons. The lowest BCUT2D eigenvalue weighted by atomic mass is 10.1. The van der Waals surface area contributed by atoms with Crippen molar-refractivity contribution in [2.24, 2.45) is 0 Å². The number of hydrogen-bond acceptors (Lipinski definition) is 8. The maximum absolute atomic E-state index is 5.44. The van der Waals surface area contributed by atoms with Crippen molar-refractivity contribution in [3.8, 4) is 22.9 Å². The Hall–Kier alpha value is -3.59. The van der Waals surface area contributed by atoms with Gasteiger partial charge in [-0.15, -0.1) is 16.8 Å². The van der Waals surface area contributed by atoms with Crippen molar-refractivity contribution in [1.82, 2.24) is 24.9 Å². The molecule has 0 bridgehead atoms. The average molecular weight is 450 g/mol. The van der Waals surface area contributed by atoms with Crippen LogP contribution in [0.4, 0.5) is 0 Å². The zero-order valence-corrected chi connectivity index (χ0v) is 18.7. The molecule has 2 aromatic heterocycles. The Morgan fingerprint density at radius 2 is 1.88 bits per heavy atom. The van der Waals surface area contributed by atoms with E-state index in [1.54, 1.807) is 14.2 Å². The Morgan fingerprint density at radius 3 is 2.62 bits per heavy atom. The highest BCUT2D eigenvalue weighted by atomic mass is 32.2. The third-order valence-corrected chi connectivity index (χ3v) is 5.70. The van der Waals surface area contributed by atoms with Crippen LogP contribution in [0.5, 0.6) is 11.5 Å². The second-order valence-electron chi connectivity index (χ2n) is 6.83. The van der Waals surface area contributed by atoms with Crippen LogP contribution in [0.1, 0.15) is 17.3 Å². The molecule has 0 unspecified atom stereocenters. The second kappa shape index (κ2) is 10.1. The van der Waals surface area contributed by atoms with E-state index in [-0.39, 0.29) is 0 Å². The van der Waals surface area contributed by atoms with E-state index in [0.29, 0.717) is 41.9 Å². The van der Waals surface area contributed by atoms with E-state index < -0.39 is 0 Å². The summed E-state index contributed by atoms with van der Waals surface area (Å²) < 4.78 is 18.1. The summed E-state index contributed by atoms with van der Waals surface area (Å²) in [4.78, 5) is 4.50. The highest BCUT2D eigenvalue weighted by Crippen LogP contribution is 2.31. The standard InChI is InChI=1S/C23H23N5O3S/c1-4-12-28-20(13-16-8-6-5-7-9-16)25-26-23(28)32-15-21-24-22(27-31-21)17-10-11-18(29-2)19(14-17)30-3/h4-11,14H,1,12-13,15H2,2-3H3. The summed E-state index contributed by atoms with van der Waals surface area (Å²) in [7, 11) is 3.18. The molecule has 0 radical (unpaired) electrons. The second-order valence-corrected chi connectivity index (χ2v) is 7.77. The van der Waals surface area contributed by atoms with Crippen molar-refractivity contribution in [3.05, 3.63) is 78.5 Å². The monoisotopic (exact) mass is 449 g/mol. The molecule has 9 heteroatoms. The minimum atomic E-state index is 0.473. The highest BCUT2D eigenvalue weighted by Gasteiger charge is 2.16. The van der Waals surface area contributed by atoms with Gasteiger partial charge in [-0.05, 0) is 23.8 Å². The van der Waals surface area contributed by atoms with E-state index in [9.17, 15) is 0 Å². The van der Waals surface area contributed by atoms with Gasteiger partial charge in [0.2, 0.25) is 11.7 Å². The minimum absolute atomic E-state index is 0.473. The molecule has 0 spiro atoms. The molecule has 0 saturated carbocycles. The predicted octanol–water partition coefficient (Wildman–Crippen LogP) is 4.41. The number of benzene rings is 2. The Bertz CT molecular complexity index is 1190. The SMILES string of the molecule is C=CCn1c(Cc2ccccc2)nnc1SCc1nc(-c2ccc(OC)c(OC)c2)no1. The van der Waals surface area contributed by atoms with Gasteiger partial charge in [-0.1, -0.05) is 53.3 Å². The number of allylic oxidation sites excluding steroid dienone is 1. The maximum atomic E-state index is 5.44. The van der Waals surface area contributed by atoms with Gasteiger partial charge >= 0.3 is 0 Å². The zero-order valence-electron chi connectivity index (χ0n) is 17.9. The van der Waals surface area contributed by atoms with Crippen molar-refractivity contribution in [2.75, 3.05) is 14.2 Å². The summed E-state index contributed by atoms with van der Waals surface area (Å²) in [5, 5.41) is 13.6. The summed E-state index contributed by atoms with van der Waals surface area (Å²) in [5.74, 6) is 3.59. The van der Waals surface area contributed by atoms with Gasteiger partial charge in [0.05, 0.1) is 20.0 Å². The van der Waals surface area contributed by atoms with E-state index in [1.807, 2.05) is 42.5 Å². The molecule has 8 nitrogen and oxygen atoms in total. The molecule has 0 aliphatic rings. The van der Waals surface area contributed by atoms with Gasteiger partial charge in [0.25, 0.3) is 0 Å². The van der Waals surface area contributed by atoms with Crippen molar-refractivity contribution in [1.29, 1.82) is 0 Å². The number of ether oxygens (including phenoxy) is 2. The van der Waals surface area contributed by atoms with Gasteiger partial charge in [-0.3, -0.25) is 0 Å². The van der Waals surface area contributed by atoms with Gasteiger partial charge in [0.15, 0.2) is 16.7 Å². The fraction of sp³-hybridized carbons (Fsp3) is 0.217. The predicted molar refractivity (Wildman–Crippen MR) is 122 cm³/mol. The molecule has 0 fully saturated rings. The maximum Gasteiger partial charge on any atom is 0.237 e. The smallest absolute Gasteiger partial charge is 0.237 e. The fourth-order valence-electron chi connectivity index (χ4n) is 3.18. The normalized spacial score (nSPS) is 10.8. The van der Waals surface area contributed by atoms with Crippen LogP contribution in [0.25, 0.3) is 11.4 Å². The number of aromatic nitrogens is 5. The quantitative estimate of drug-likeness (QED) is 0.260. The fourth-order valence-corrected chi connectivity index (χ4v) is 3.98. The minimum Gasteiger partial charge on any atom is -0.493 e. The molecule has 2 aromatic carbocycles. The summed E-state index contributed by atoms with van der Waals surface area (Å²) in [6.45, 7) is 4.48. The van der Waals surface area contributed by atoms with Crippen LogP contribution >= 0.6 is 11.8 Å². The van der Waals surface area contributed by atoms with Gasteiger partial charge in [-0.25, -0.2) is 0 Å². The third kappa shape index (κ3) is 4.83. The van der Waals surface area contributed by atoms with Crippen molar-refractivity contribution in [3.63, 3.8) is 0 Å². The van der Waals surface area contributed by atoms with Crippen LogP contribution in [0, 0.1) is 0 Å². The Balaban J connectivity index is 1.47.